The number of aromatic nitrogens is 3. The second kappa shape index (κ2) is 8.10. The lowest BCUT2D eigenvalue weighted by molar-refractivity contribution is 0.111. The summed E-state index contributed by atoms with van der Waals surface area (Å²) in [4.78, 5) is 20.5. The summed E-state index contributed by atoms with van der Waals surface area (Å²) in [5.41, 5.74) is 3.58. The van der Waals surface area contributed by atoms with Crippen LogP contribution in [0.25, 0.3) is 22.2 Å². The molecule has 3 aromatic rings. The molecule has 0 saturated heterocycles. The van der Waals surface area contributed by atoms with Gasteiger partial charge in [0.15, 0.2) is 0 Å². The molecule has 0 aliphatic heterocycles. The summed E-state index contributed by atoms with van der Waals surface area (Å²) in [6, 6.07) is 7.93. The van der Waals surface area contributed by atoms with E-state index in [1.165, 1.54) is 0 Å². The highest BCUT2D eigenvalue weighted by molar-refractivity contribution is 5.95. The first-order chi connectivity index (χ1) is 13.7. The molecule has 2 N–H and O–H groups in total. The Hall–Kier alpha value is -2.73. The number of rotatable bonds is 6. The van der Waals surface area contributed by atoms with Crippen LogP contribution in [0.2, 0.25) is 0 Å². The third-order valence-electron chi connectivity index (χ3n) is 5.50. The first-order valence-electron chi connectivity index (χ1n) is 10.0. The largest absolute Gasteiger partial charge is 0.393 e. The minimum atomic E-state index is -0.196. The molecular formula is C22H26N4O2. The van der Waals surface area contributed by atoms with Gasteiger partial charge >= 0.3 is 0 Å². The van der Waals surface area contributed by atoms with Crippen LogP contribution in [0.1, 0.15) is 55.4 Å². The quantitative estimate of drug-likeness (QED) is 0.628. The third kappa shape index (κ3) is 3.64. The van der Waals surface area contributed by atoms with Gasteiger partial charge < -0.3 is 15.0 Å². The van der Waals surface area contributed by atoms with Gasteiger partial charge in [-0.3, -0.25) is 4.79 Å². The van der Waals surface area contributed by atoms with Crippen LogP contribution in [0.3, 0.4) is 0 Å². The van der Waals surface area contributed by atoms with E-state index in [2.05, 4.69) is 28.0 Å². The van der Waals surface area contributed by atoms with Gasteiger partial charge in [0, 0.05) is 41.5 Å². The van der Waals surface area contributed by atoms with Gasteiger partial charge in [0.2, 0.25) is 5.95 Å². The first-order valence-corrected chi connectivity index (χ1v) is 10.0. The maximum Gasteiger partial charge on any atom is 0.224 e. The molecule has 1 aliphatic carbocycles. The molecule has 2 aromatic heterocycles. The molecule has 28 heavy (non-hydrogen) atoms. The lowest BCUT2D eigenvalue weighted by Gasteiger charge is -2.27. The lowest BCUT2D eigenvalue weighted by Crippen LogP contribution is -2.20. The predicted molar refractivity (Wildman–Crippen MR) is 111 cm³/mol. The zero-order valence-electron chi connectivity index (χ0n) is 16.1. The Kier molecular flexibility index (Phi) is 5.39. The Morgan fingerprint density at radius 1 is 1.29 bits per heavy atom. The van der Waals surface area contributed by atoms with Gasteiger partial charge in [0.05, 0.1) is 6.10 Å². The molecule has 0 atom stereocenters. The number of anilines is 1. The predicted octanol–water partition coefficient (Wildman–Crippen LogP) is 4.21. The molecular weight excluding hydrogens is 352 g/mol. The van der Waals surface area contributed by atoms with E-state index in [0.29, 0.717) is 17.6 Å². The molecule has 1 fully saturated rings. The van der Waals surface area contributed by atoms with Gasteiger partial charge in [-0.1, -0.05) is 25.1 Å². The number of aliphatic hydroxyl groups is 1. The van der Waals surface area contributed by atoms with Crippen molar-refractivity contribution in [2.24, 2.45) is 0 Å². The Balaban J connectivity index is 1.82. The van der Waals surface area contributed by atoms with Crippen molar-refractivity contribution in [1.29, 1.82) is 0 Å². The number of hydrogen-bond donors (Lipinski definition) is 2. The highest BCUT2D eigenvalue weighted by Gasteiger charge is 2.24. The van der Waals surface area contributed by atoms with Crippen molar-refractivity contribution < 1.29 is 9.90 Å². The number of aliphatic hydroxyl groups excluding tert-OH is 1. The first kappa shape index (κ1) is 18.6. The standard InChI is InChI=1S/C22H26N4O2/c1-2-10-23-22-24-12-19-20(16-5-3-4-15(11-16)14-27)13-26(21(19)25-22)17-6-8-18(28)9-7-17/h3-5,11-14,17-18,28H,2,6-10H2,1H3,(H,23,24,25). The zero-order valence-corrected chi connectivity index (χ0v) is 16.1. The van der Waals surface area contributed by atoms with E-state index in [9.17, 15) is 9.90 Å². The molecule has 1 aliphatic rings. The molecule has 146 valence electrons. The Morgan fingerprint density at radius 2 is 2.11 bits per heavy atom. The number of fused-ring (bicyclic) bond motifs is 1. The molecule has 0 amide bonds. The van der Waals surface area contributed by atoms with Crippen LogP contribution >= 0.6 is 0 Å². The van der Waals surface area contributed by atoms with E-state index in [1.807, 2.05) is 30.5 Å². The summed E-state index contributed by atoms with van der Waals surface area (Å²) < 4.78 is 2.24. The summed E-state index contributed by atoms with van der Waals surface area (Å²) in [7, 11) is 0. The fourth-order valence-electron chi connectivity index (χ4n) is 3.98. The molecule has 2 heterocycles. The van der Waals surface area contributed by atoms with E-state index < -0.39 is 0 Å². The second-order valence-electron chi connectivity index (χ2n) is 7.51. The summed E-state index contributed by atoms with van der Waals surface area (Å²) in [6.45, 7) is 2.94. The van der Waals surface area contributed by atoms with Crippen LogP contribution in [-0.4, -0.2) is 38.6 Å². The fraction of sp³-hybridized carbons (Fsp3) is 0.409. The zero-order chi connectivity index (χ0) is 19.5. The van der Waals surface area contributed by atoms with Crippen molar-refractivity contribution in [3.05, 3.63) is 42.2 Å². The molecule has 1 aromatic carbocycles. The van der Waals surface area contributed by atoms with Crippen molar-refractivity contribution in [3.8, 4) is 11.1 Å². The summed E-state index contributed by atoms with van der Waals surface area (Å²) in [5, 5.41) is 14.1. The van der Waals surface area contributed by atoms with Crippen molar-refractivity contribution in [1.82, 2.24) is 14.5 Å². The topological polar surface area (TPSA) is 80.0 Å². The fourth-order valence-corrected chi connectivity index (χ4v) is 3.98. The molecule has 0 radical (unpaired) electrons. The molecule has 0 unspecified atom stereocenters. The van der Waals surface area contributed by atoms with Crippen LogP contribution in [0, 0.1) is 0 Å². The Labute approximate surface area is 164 Å². The maximum atomic E-state index is 11.2. The van der Waals surface area contributed by atoms with Crippen molar-refractivity contribution in [2.45, 2.75) is 51.2 Å². The molecule has 4 rings (SSSR count). The molecule has 0 bridgehead atoms. The van der Waals surface area contributed by atoms with E-state index in [0.717, 1.165) is 67.1 Å². The monoisotopic (exact) mass is 378 g/mol. The highest BCUT2D eigenvalue weighted by Crippen LogP contribution is 2.36. The maximum absolute atomic E-state index is 11.2. The number of hydrogen-bond acceptors (Lipinski definition) is 5. The SMILES string of the molecule is CCCNc1ncc2c(-c3cccc(C=O)c3)cn(C3CCC(O)CC3)c2n1. The Bertz CT molecular complexity index is 974. The van der Waals surface area contributed by atoms with Gasteiger partial charge in [-0.25, -0.2) is 4.98 Å². The molecule has 6 heteroatoms. The normalized spacial score (nSPS) is 19.6. The number of carbonyl (C=O) groups excluding carboxylic acids is 1. The van der Waals surface area contributed by atoms with Crippen LogP contribution in [0.15, 0.2) is 36.7 Å². The smallest absolute Gasteiger partial charge is 0.224 e. The third-order valence-corrected chi connectivity index (χ3v) is 5.50. The second-order valence-corrected chi connectivity index (χ2v) is 7.51. The van der Waals surface area contributed by atoms with E-state index in [1.54, 1.807) is 0 Å². The van der Waals surface area contributed by atoms with Gasteiger partial charge in [-0.15, -0.1) is 0 Å². The lowest BCUT2D eigenvalue weighted by atomic mass is 9.93. The number of nitrogens with zero attached hydrogens (tertiary/aromatic N) is 3. The van der Waals surface area contributed by atoms with Crippen molar-refractivity contribution in [2.75, 3.05) is 11.9 Å². The van der Waals surface area contributed by atoms with E-state index >= 15 is 0 Å². The van der Waals surface area contributed by atoms with E-state index in [4.69, 9.17) is 4.98 Å². The van der Waals surface area contributed by atoms with Crippen molar-refractivity contribution >= 4 is 23.3 Å². The molecule has 0 spiro atoms. The average Bonchev–Trinajstić information content (AvgIpc) is 3.11. The number of carbonyl (C=O) groups is 1. The summed E-state index contributed by atoms with van der Waals surface area (Å²) in [5.74, 6) is 0.637. The summed E-state index contributed by atoms with van der Waals surface area (Å²) in [6.07, 6.45) is 9.17. The Morgan fingerprint density at radius 3 is 2.86 bits per heavy atom. The van der Waals surface area contributed by atoms with Gasteiger partial charge in [-0.05, 0) is 43.7 Å². The van der Waals surface area contributed by atoms with Gasteiger partial charge in [-0.2, -0.15) is 4.98 Å². The van der Waals surface area contributed by atoms with Gasteiger partial charge in [0.25, 0.3) is 0 Å². The average molecular weight is 378 g/mol. The highest BCUT2D eigenvalue weighted by atomic mass is 16.3. The van der Waals surface area contributed by atoms with Crippen LogP contribution in [0.5, 0.6) is 0 Å². The van der Waals surface area contributed by atoms with Crippen LogP contribution in [-0.2, 0) is 0 Å². The number of nitrogens with one attached hydrogen (secondary N) is 1. The number of aldehydes is 1. The van der Waals surface area contributed by atoms with Crippen molar-refractivity contribution in [3.63, 3.8) is 0 Å². The summed E-state index contributed by atoms with van der Waals surface area (Å²) >= 11 is 0. The minimum absolute atomic E-state index is 0.196. The van der Waals surface area contributed by atoms with Gasteiger partial charge in [0.1, 0.15) is 11.9 Å². The van der Waals surface area contributed by atoms with Crippen LogP contribution in [0.4, 0.5) is 5.95 Å². The van der Waals surface area contributed by atoms with Crippen LogP contribution < -0.4 is 5.32 Å². The molecule has 1 saturated carbocycles. The molecule has 6 nitrogen and oxygen atoms in total. The number of benzene rings is 1. The minimum Gasteiger partial charge on any atom is -0.393 e. The van der Waals surface area contributed by atoms with E-state index in [-0.39, 0.29) is 6.10 Å².